The molecule has 7 N–H and O–H groups in total. The highest BCUT2D eigenvalue weighted by Crippen LogP contribution is 2.34. The van der Waals surface area contributed by atoms with E-state index in [1.54, 1.807) is 31.2 Å². The summed E-state index contributed by atoms with van der Waals surface area (Å²) in [6.07, 6.45) is -7.93. The Hall–Kier alpha value is -2.95. The largest absolute Gasteiger partial charge is 0.504 e. The molecule has 1 saturated carbocycles. The van der Waals surface area contributed by atoms with E-state index in [4.69, 9.17) is 46.9 Å². The molecule has 1 amide bonds. The van der Waals surface area contributed by atoms with Crippen LogP contribution in [0, 0.1) is 0 Å². The lowest BCUT2D eigenvalue weighted by Crippen LogP contribution is -2.67. The van der Waals surface area contributed by atoms with Crippen LogP contribution in [0.4, 0.5) is 0 Å². The molecule has 2 saturated heterocycles. The van der Waals surface area contributed by atoms with Gasteiger partial charge in [0.1, 0.15) is 68.0 Å². The average molecular weight is 685 g/mol. The molecule has 250 valence electrons. The summed E-state index contributed by atoms with van der Waals surface area (Å²) in [4.78, 5) is 12.9. The third kappa shape index (κ3) is 7.29. The fourth-order valence-electron chi connectivity index (χ4n) is 5.47. The van der Waals surface area contributed by atoms with E-state index in [9.17, 15) is 35.4 Å². The van der Waals surface area contributed by atoms with Gasteiger partial charge in [-0.3, -0.25) is 4.79 Å². The van der Waals surface area contributed by atoms with E-state index in [2.05, 4.69) is 5.32 Å². The van der Waals surface area contributed by atoms with Crippen molar-refractivity contribution in [1.29, 1.82) is 0 Å². The second-order valence-electron chi connectivity index (χ2n) is 11.3. The van der Waals surface area contributed by atoms with Crippen LogP contribution in [-0.4, -0.2) is 111 Å². The summed E-state index contributed by atoms with van der Waals surface area (Å²) >= 11 is 12.1. The number of amides is 1. The maximum atomic E-state index is 12.9. The van der Waals surface area contributed by atoms with Crippen molar-refractivity contribution in [2.24, 2.45) is 0 Å². The number of carbonyl (C=O) groups excluding carboxylic acids is 1. The molecule has 0 radical (unpaired) electrons. The number of nitrogens with one attached hydrogen (secondary N) is 1. The minimum Gasteiger partial charge on any atom is -0.504 e. The van der Waals surface area contributed by atoms with Crippen LogP contribution in [0.15, 0.2) is 53.6 Å². The fraction of sp³-hybridized carbons (Fsp3) is 0.452. The molecule has 2 aliphatic heterocycles. The van der Waals surface area contributed by atoms with Gasteiger partial charge >= 0.3 is 0 Å². The van der Waals surface area contributed by atoms with Crippen molar-refractivity contribution in [3.05, 3.63) is 69.2 Å². The van der Waals surface area contributed by atoms with Crippen LogP contribution >= 0.6 is 23.2 Å². The van der Waals surface area contributed by atoms with Crippen LogP contribution in [0.5, 0.6) is 17.2 Å². The molecule has 3 fully saturated rings. The maximum Gasteiger partial charge on any atom is 0.247 e. The molecule has 5 rings (SSSR count). The highest BCUT2D eigenvalue weighted by molar-refractivity contribution is 6.34. The zero-order valence-corrected chi connectivity index (χ0v) is 26.2. The number of carbonyl (C=O) groups is 1. The Balaban J connectivity index is 1.18. The molecule has 2 aromatic rings. The second-order valence-corrected chi connectivity index (χ2v) is 12.1. The lowest BCUT2D eigenvalue weighted by atomic mass is 9.83. The van der Waals surface area contributed by atoms with Gasteiger partial charge in [-0.2, -0.15) is 0 Å². The Bertz CT molecular complexity index is 1490. The summed E-state index contributed by atoms with van der Waals surface area (Å²) in [5.74, 6) is -0.640. The molecule has 3 aliphatic rings. The number of phenolic OH excluding ortho intramolecular Hbond substituents is 1. The van der Waals surface area contributed by atoms with Crippen molar-refractivity contribution in [1.82, 2.24) is 5.32 Å². The van der Waals surface area contributed by atoms with Crippen LogP contribution in [0.1, 0.15) is 19.4 Å². The number of hydrogen-bond donors (Lipinski definition) is 7. The highest BCUT2D eigenvalue weighted by Gasteiger charge is 2.53. The van der Waals surface area contributed by atoms with Gasteiger partial charge in [-0.1, -0.05) is 29.3 Å². The van der Waals surface area contributed by atoms with Gasteiger partial charge in [-0.15, -0.1) is 0 Å². The fourth-order valence-corrected chi connectivity index (χ4v) is 5.81. The normalized spacial score (nSPS) is 33.1. The minimum absolute atomic E-state index is 0.0486. The van der Waals surface area contributed by atoms with Crippen molar-refractivity contribution in [3.63, 3.8) is 0 Å². The lowest BCUT2D eigenvalue weighted by molar-refractivity contribution is -0.155. The molecular formula is C31H35Cl2NO12. The monoisotopic (exact) mass is 683 g/mol. The molecule has 15 heteroatoms. The molecule has 0 spiro atoms. The van der Waals surface area contributed by atoms with Gasteiger partial charge in [0, 0.05) is 16.7 Å². The zero-order valence-electron chi connectivity index (χ0n) is 24.7. The van der Waals surface area contributed by atoms with E-state index in [0.29, 0.717) is 26.9 Å². The first-order chi connectivity index (χ1) is 21.8. The van der Waals surface area contributed by atoms with Gasteiger partial charge in [0.15, 0.2) is 11.5 Å². The summed E-state index contributed by atoms with van der Waals surface area (Å²) in [5.41, 5.74) is 1.12. The molecule has 46 heavy (non-hydrogen) atoms. The van der Waals surface area contributed by atoms with Crippen molar-refractivity contribution >= 4 is 35.2 Å². The summed E-state index contributed by atoms with van der Waals surface area (Å²) in [5, 5.41) is 66.5. The maximum absolute atomic E-state index is 12.9. The van der Waals surface area contributed by atoms with Crippen LogP contribution in [-0.2, 0) is 19.0 Å². The molecule has 0 aromatic heterocycles. The number of halogens is 2. The summed E-state index contributed by atoms with van der Waals surface area (Å²) in [6.45, 7) is 3.11. The Kier molecular flexibility index (Phi) is 10.8. The topological polar surface area (TPSA) is 197 Å². The van der Waals surface area contributed by atoms with Gasteiger partial charge in [-0.05, 0) is 61.4 Å². The number of aromatic hydroxyl groups is 1. The van der Waals surface area contributed by atoms with E-state index in [-0.39, 0.29) is 30.5 Å². The van der Waals surface area contributed by atoms with Crippen molar-refractivity contribution in [2.75, 3.05) is 13.4 Å². The van der Waals surface area contributed by atoms with E-state index in [0.717, 1.165) is 0 Å². The number of aliphatic hydroxyl groups excluding tert-OH is 5. The van der Waals surface area contributed by atoms with Crippen molar-refractivity contribution < 1.29 is 59.1 Å². The first-order valence-corrected chi connectivity index (χ1v) is 15.1. The number of hydrogen-bond acceptors (Lipinski definition) is 12. The smallest absolute Gasteiger partial charge is 0.247 e. The van der Waals surface area contributed by atoms with E-state index in [1.165, 1.54) is 31.2 Å². The van der Waals surface area contributed by atoms with E-state index >= 15 is 0 Å². The molecule has 1 aliphatic carbocycles. The van der Waals surface area contributed by atoms with Gasteiger partial charge in [-0.25, -0.2) is 0 Å². The molecule has 13 nitrogen and oxygen atoms in total. The van der Waals surface area contributed by atoms with Crippen LogP contribution in [0.25, 0.3) is 6.08 Å². The number of aliphatic hydroxyl groups is 5. The van der Waals surface area contributed by atoms with Crippen LogP contribution in [0.2, 0.25) is 10.0 Å². The van der Waals surface area contributed by atoms with E-state index in [1.807, 2.05) is 0 Å². The number of benzene rings is 2. The second kappa shape index (κ2) is 14.4. The molecule has 2 aromatic carbocycles. The lowest BCUT2D eigenvalue weighted by Gasteiger charge is -2.41. The van der Waals surface area contributed by atoms with Gasteiger partial charge in [0.05, 0.1) is 11.1 Å². The predicted molar refractivity (Wildman–Crippen MR) is 163 cm³/mol. The third-order valence-electron chi connectivity index (χ3n) is 8.07. The standard InChI is InChI=1S/C31H35Cl2NO12/c1-13(7-8-42-20-11-16(32)4-5-17(20)33)27-25(39)26(40)31(46-27)45-19-6-3-15(10-18(19)35)9-14(2)30(41)34-21-22(36)24(38)29-28(23(21)37)43-12-44-29/h3-7,9-11,21-29,31,35-40H,8,12H2,1-2H3,(H,34,41)/b13-7-,14-9+/t21-,22?,23-,24?,25+,26+,27-,28+,29?,31-/m1/s1. The number of phenols is 1. The van der Waals surface area contributed by atoms with Gasteiger partial charge in [0.2, 0.25) is 12.2 Å². The Morgan fingerprint density at radius 3 is 2.37 bits per heavy atom. The third-order valence-corrected chi connectivity index (χ3v) is 8.62. The number of ether oxygens (including phenoxy) is 5. The van der Waals surface area contributed by atoms with Crippen LogP contribution in [0.3, 0.4) is 0 Å². The first kappa shape index (κ1) is 34.4. The summed E-state index contributed by atoms with van der Waals surface area (Å²) in [6, 6.07) is 7.83. The minimum atomic E-state index is -1.50. The summed E-state index contributed by atoms with van der Waals surface area (Å²) < 4.78 is 27.6. The summed E-state index contributed by atoms with van der Waals surface area (Å²) in [7, 11) is 0. The Morgan fingerprint density at radius 1 is 0.935 bits per heavy atom. The van der Waals surface area contributed by atoms with Gasteiger partial charge in [0.25, 0.3) is 0 Å². The van der Waals surface area contributed by atoms with E-state index < -0.39 is 67.1 Å². The first-order valence-electron chi connectivity index (χ1n) is 14.4. The Labute approximate surface area is 274 Å². The number of fused-ring (bicyclic) bond motifs is 1. The van der Waals surface area contributed by atoms with Crippen molar-refractivity contribution in [2.45, 2.75) is 75.0 Å². The molecule has 10 atom stereocenters. The van der Waals surface area contributed by atoms with Gasteiger partial charge < -0.3 is 59.6 Å². The number of rotatable bonds is 9. The van der Waals surface area contributed by atoms with Crippen LogP contribution < -0.4 is 14.8 Å². The zero-order chi connectivity index (χ0) is 33.3. The average Bonchev–Trinajstić information content (AvgIpc) is 3.62. The Morgan fingerprint density at radius 2 is 1.65 bits per heavy atom. The molecule has 3 unspecified atom stereocenters. The predicted octanol–water partition coefficient (Wildman–Crippen LogP) is 1.28. The molecule has 2 heterocycles. The van der Waals surface area contributed by atoms with Crippen molar-refractivity contribution in [3.8, 4) is 17.2 Å². The molecule has 0 bridgehead atoms. The SMILES string of the molecule is C/C(=C/COc1cc(Cl)ccc1Cl)[C@H]1O[C@@H](Oc2ccc(/C=C(\C)C(=O)N[C@@H]3C(O)C(O)C4OCO[C@H]4[C@@H]3O)cc2O)[C@@H](O)[C@@H]1O. The highest BCUT2D eigenvalue weighted by atomic mass is 35.5. The quantitative estimate of drug-likeness (QED) is 0.148. The molecular weight excluding hydrogens is 649 g/mol.